The van der Waals surface area contributed by atoms with E-state index in [1.807, 2.05) is 0 Å². The van der Waals surface area contributed by atoms with Crippen LogP contribution in [0.3, 0.4) is 0 Å². The average Bonchev–Trinajstić information content (AvgIpc) is 2.22. The first-order valence-corrected chi connectivity index (χ1v) is 9.62. The van der Waals surface area contributed by atoms with Crippen LogP contribution in [0, 0.1) is 0 Å². The van der Waals surface area contributed by atoms with Gasteiger partial charge in [0.1, 0.15) is 13.2 Å². The van der Waals surface area contributed by atoms with Crippen LogP contribution in [0.2, 0.25) is 0 Å². The summed E-state index contributed by atoms with van der Waals surface area (Å²) in [4.78, 5) is 0. The minimum absolute atomic E-state index is 0.774. The molecule has 0 aliphatic rings. The van der Waals surface area contributed by atoms with Crippen molar-refractivity contribution in [2.45, 2.75) is 7.59 Å². The van der Waals surface area contributed by atoms with E-state index < -0.39 is 48.1 Å². The zero-order valence-electron chi connectivity index (χ0n) is 9.66. The predicted molar refractivity (Wildman–Crippen MR) is 81.5 cm³/mol. The Morgan fingerprint density at radius 2 is 1.00 bits per heavy atom. The summed E-state index contributed by atoms with van der Waals surface area (Å²) in [6, 6.07) is 0. The lowest BCUT2D eigenvalue weighted by molar-refractivity contribution is 0.312. The molecule has 0 spiro atoms. The summed E-state index contributed by atoms with van der Waals surface area (Å²) < 4.78 is 52.9. The highest BCUT2D eigenvalue weighted by molar-refractivity contribution is 7.85. The van der Waals surface area contributed by atoms with Crippen molar-refractivity contribution in [3.8, 4) is 0 Å². The molecule has 21 heavy (non-hydrogen) atoms. The van der Waals surface area contributed by atoms with Crippen LogP contribution in [0.15, 0.2) is 0 Å². The van der Waals surface area contributed by atoms with Gasteiger partial charge in [0.2, 0.25) is 7.59 Å². The van der Waals surface area contributed by atoms with Gasteiger partial charge in [-0.15, -0.1) is 0 Å². The molecule has 0 rings (SSSR count). The van der Waals surface area contributed by atoms with Gasteiger partial charge in [-0.25, -0.2) is 0 Å². The molecule has 0 atom stereocenters. The molecule has 128 valence electrons. The van der Waals surface area contributed by atoms with Crippen LogP contribution in [0.1, 0.15) is 0 Å². The molecule has 0 aromatic heterocycles. The Bertz CT molecular complexity index is 477. The van der Waals surface area contributed by atoms with Gasteiger partial charge in [-0.05, 0) is 0 Å². The fraction of sp³-hybridized carbons (Fsp3) is 1.00. The van der Waals surface area contributed by atoms with Crippen molar-refractivity contribution < 1.29 is 25.2 Å². The number of hydrogen-bond acceptors (Lipinski definition) is 6. The van der Waals surface area contributed by atoms with Gasteiger partial charge < -0.3 is 0 Å². The number of halogens is 6. The monoisotopic (exact) mass is 466 g/mol. The van der Waals surface area contributed by atoms with Crippen molar-refractivity contribution in [3.63, 3.8) is 0 Å². The fourth-order valence-electron chi connectivity index (χ4n) is 0.578. The SMILES string of the molecule is O=S(=O)(NCNS(=O)(=O)OCC(Cl)(Cl)Cl)OCC(Cl)(Cl)Cl. The molecule has 8 nitrogen and oxygen atoms in total. The molecule has 2 N–H and O–H groups in total. The molecular formula is C5H8Cl6N2O6S2. The smallest absolute Gasteiger partial charge is 0.254 e. The number of nitrogens with one attached hydrogen (secondary N) is 2. The highest BCUT2D eigenvalue weighted by Crippen LogP contribution is 2.27. The second kappa shape index (κ2) is 8.54. The van der Waals surface area contributed by atoms with Crippen LogP contribution in [0.4, 0.5) is 0 Å². The normalized spacial score (nSPS) is 14.4. The van der Waals surface area contributed by atoms with Gasteiger partial charge in [-0.3, -0.25) is 8.37 Å². The van der Waals surface area contributed by atoms with Crippen molar-refractivity contribution in [1.82, 2.24) is 9.44 Å². The molecule has 0 saturated carbocycles. The third-order valence-electron chi connectivity index (χ3n) is 1.25. The van der Waals surface area contributed by atoms with Gasteiger partial charge in [-0.2, -0.15) is 26.3 Å². The summed E-state index contributed by atoms with van der Waals surface area (Å²) in [5, 5.41) is 0. The first-order chi connectivity index (χ1) is 9.12. The third-order valence-corrected chi connectivity index (χ3v) is 3.76. The molecule has 0 fully saturated rings. The second-order valence-electron chi connectivity index (χ2n) is 3.13. The Morgan fingerprint density at radius 1 is 0.714 bits per heavy atom. The summed E-state index contributed by atoms with van der Waals surface area (Å²) in [5.74, 6) is 0. The van der Waals surface area contributed by atoms with Crippen LogP contribution in [0.25, 0.3) is 0 Å². The van der Waals surface area contributed by atoms with E-state index in [2.05, 4.69) is 8.37 Å². The van der Waals surface area contributed by atoms with E-state index in [1.165, 1.54) is 0 Å². The summed E-state index contributed by atoms with van der Waals surface area (Å²) in [7, 11) is -8.69. The first-order valence-electron chi connectivity index (χ1n) is 4.53. The van der Waals surface area contributed by atoms with Crippen LogP contribution in [-0.2, 0) is 29.0 Å². The standard InChI is InChI=1S/C5H8Cl6N2O6S2/c6-4(7,8)1-18-20(14,15)12-3-13-21(16,17)19-2-5(9,10)11/h12-13H,1-3H2. The van der Waals surface area contributed by atoms with E-state index in [-0.39, 0.29) is 0 Å². The largest absolute Gasteiger partial charge is 0.337 e. The lowest BCUT2D eigenvalue weighted by Gasteiger charge is -2.13. The van der Waals surface area contributed by atoms with Crippen LogP contribution in [0.5, 0.6) is 0 Å². The van der Waals surface area contributed by atoms with Gasteiger partial charge >= 0.3 is 20.6 Å². The molecule has 0 radical (unpaired) electrons. The molecule has 0 aromatic rings. The Labute approximate surface area is 151 Å². The van der Waals surface area contributed by atoms with Crippen molar-refractivity contribution in [1.29, 1.82) is 0 Å². The third kappa shape index (κ3) is 14.8. The number of alkyl halides is 6. The molecule has 0 unspecified atom stereocenters. The lowest BCUT2D eigenvalue weighted by Crippen LogP contribution is -2.40. The average molecular weight is 469 g/mol. The molecule has 0 aromatic carbocycles. The Kier molecular flexibility index (Phi) is 9.14. The molecule has 0 amide bonds. The van der Waals surface area contributed by atoms with Crippen LogP contribution in [-0.4, -0.2) is 44.3 Å². The highest BCUT2D eigenvalue weighted by Gasteiger charge is 2.26. The maximum Gasteiger partial charge on any atom is 0.337 e. The van der Waals surface area contributed by atoms with E-state index in [1.54, 1.807) is 9.44 Å². The molecule has 0 aliphatic heterocycles. The fourth-order valence-corrected chi connectivity index (χ4v) is 2.71. The summed E-state index contributed by atoms with van der Waals surface area (Å²) in [5.41, 5.74) is 0. The minimum atomic E-state index is -4.34. The van der Waals surface area contributed by atoms with Crippen molar-refractivity contribution in [3.05, 3.63) is 0 Å². The summed E-state index contributed by atoms with van der Waals surface area (Å²) in [6.07, 6.45) is 0. The van der Waals surface area contributed by atoms with E-state index in [4.69, 9.17) is 69.6 Å². The predicted octanol–water partition coefficient (Wildman–Crippen LogP) is 1.39. The van der Waals surface area contributed by atoms with Gasteiger partial charge in [0.05, 0.1) is 6.67 Å². The van der Waals surface area contributed by atoms with Gasteiger partial charge in [0, 0.05) is 0 Å². The quantitative estimate of drug-likeness (QED) is 0.411. The molecule has 16 heteroatoms. The van der Waals surface area contributed by atoms with Crippen LogP contribution >= 0.6 is 69.6 Å². The Morgan fingerprint density at radius 3 is 1.24 bits per heavy atom. The summed E-state index contributed by atoms with van der Waals surface area (Å²) in [6.45, 7) is -2.35. The molecule has 0 bridgehead atoms. The van der Waals surface area contributed by atoms with Crippen molar-refractivity contribution >= 4 is 90.2 Å². The number of rotatable bonds is 8. The zero-order valence-corrected chi connectivity index (χ0v) is 15.8. The van der Waals surface area contributed by atoms with Crippen LogP contribution < -0.4 is 9.44 Å². The Balaban J connectivity index is 4.23. The number of hydrogen-bond donors (Lipinski definition) is 2. The maximum atomic E-state index is 11.2. The maximum absolute atomic E-state index is 11.2. The van der Waals surface area contributed by atoms with E-state index in [0.717, 1.165) is 0 Å². The van der Waals surface area contributed by atoms with Crippen molar-refractivity contribution in [2.24, 2.45) is 0 Å². The lowest BCUT2D eigenvalue weighted by atomic mass is 10.9. The van der Waals surface area contributed by atoms with Gasteiger partial charge in [0.15, 0.2) is 0 Å². The first kappa shape index (κ1) is 22.5. The van der Waals surface area contributed by atoms with E-state index >= 15 is 0 Å². The van der Waals surface area contributed by atoms with Gasteiger partial charge in [-0.1, -0.05) is 69.6 Å². The topological polar surface area (TPSA) is 111 Å². The second-order valence-corrected chi connectivity index (χ2v) is 11.0. The molecular weight excluding hydrogens is 461 g/mol. The zero-order chi connectivity index (χ0) is 16.9. The molecule has 0 aliphatic carbocycles. The van der Waals surface area contributed by atoms with E-state index in [9.17, 15) is 16.8 Å². The van der Waals surface area contributed by atoms with Gasteiger partial charge in [0.25, 0.3) is 0 Å². The highest BCUT2D eigenvalue weighted by atomic mass is 35.6. The van der Waals surface area contributed by atoms with Crippen molar-refractivity contribution in [2.75, 3.05) is 19.9 Å². The molecule has 0 heterocycles. The Hall–Kier alpha value is 1.48. The van der Waals surface area contributed by atoms with E-state index in [0.29, 0.717) is 0 Å². The summed E-state index contributed by atoms with van der Waals surface area (Å²) >= 11 is 31.6. The molecule has 0 saturated heterocycles. The minimum Gasteiger partial charge on any atom is -0.254 e.